The number of urea groups is 1. The third kappa shape index (κ3) is 24.7. The van der Waals surface area contributed by atoms with Crippen LogP contribution in [0.4, 0.5) is 9.18 Å². The predicted molar refractivity (Wildman–Crippen MR) is 254 cm³/mol. The number of aryl methyl sites for hydroxylation is 1. The van der Waals surface area contributed by atoms with Crippen LogP contribution in [0.2, 0.25) is 0 Å². The SMILES string of the molecule is CCC(N=C(N)N)[C@@H]1NC(=O)[C@H](CCCCNC(=O)CCOCCOCCOCCOCCNC(=O)Cn2cc(CCCF)nn2)NC(=O)N(Cc2ccccc2)NC(=O)[C@H](CC(=O)O)NC(=O)CNC1=O. The van der Waals surface area contributed by atoms with Crippen LogP contribution in [0.1, 0.15) is 63.1 Å². The van der Waals surface area contributed by atoms with Crippen LogP contribution in [0.3, 0.4) is 0 Å². The number of alkyl halides is 1. The average Bonchev–Trinajstić information content (AvgIpc) is 3.80. The van der Waals surface area contributed by atoms with Gasteiger partial charge in [0, 0.05) is 25.7 Å². The first-order valence-corrected chi connectivity index (χ1v) is 23.6. The number of amides is 8. The number of carbonyl (C=O) groups is 8. The highest BCUT2D eigenvalue weighted by molar-refractivity contribution is 5.96. The Kier molecular flexibility index (Phi) is 28.2. The summed E-state index contributed by atoms with van der Waals surface area (Å²) in [5.41, 5.74) is 14.8. The smallest absolute Gasteiger partial charge is 0.337 e. The minimum atomic E-state index is -1.68. The lowest BCUT2D eigenvalue weighted by Gasteiger charge is -2.29. The number of carbonyl (C=O) groups excluding carboxylic acids is 7. The molecule has 400 valence electrons. The number of hydrogen-bond donors (Lipinski definition) is 10. The number of ether oxygens (including phenoxy) is 4. The van der Waals surface area contributed by atoms with Gasteiger partial charge >= 0.3 is 12.0 Å². The van der Waals surface area contributed by atoms with Gasteiger partial charge in [0.05, 0.1) is 90.8 Å². The van der Waals surface area contributed by atoms with E-state index < -0.39 is 79.4 Å². The number of nitrogens with one attached hydrogen (secondary N) is 7. The van der Waals surface area contributed by atoms with Crippen LogP contribution in [0.5, 0.6) is 0 Å². The molecule has 4 atom stereocenters. The molecule has 0 aliphatic carbocycles. The molecule has 12 N–H and O–H groups in total. The van der Waals surface area contributed by atoms with Gasteiger partial charge in [-0.2, -0.15) is 0 Å². The molecule has 8 amide bonds. The number of halogens is 1. The fraction of sp³-hybridized carbons (Fsp3) is 0.614. The topological polar surface area (TPSA) is 376 Å². The number of hydrazine groups is 1. The van der Waals surface area contributed by atoms with Crippen molar-refractivity contribution in [3.63, 3.8) is 0 Å². The lowest BCUT2D eigenvalue weighted by molar-refractivity contribution is -0.141. The van der Waals surface area contributed by atoms with Gasteiger partial charge < -0.3 is 67.4 Å². The van der Waals surface area contributed by atoms with Crippen LogP contribution in [-0.2, 0) is 72.0 Å². The zero-order valence-corrected chi connectivity index (χ0v) is 40.4. The van der Waals surface area contributed by atoms with E-state index in [9.17, 15) is 47.9 Å². The second-order valence-corrected chi connectivity index (χ2v) is 16.1. The van der Waals surface area contributed by atoms with E-state index in [1.165, 1.54) is 4.68 Å². The number of nitrogens with two attached hydrogens (primary N) is 2. The van der Waals surface area contributed by atoms with E-state index in [2.05, 4.69) is 52.6 Å². The van der Waals surface area contributed by atoms with Crippen LogP contribution in [-0.4, -0.2) is 182 Å². The first-order chi connectivity index (χ1) is 34.7. The fourth-order valence-electron chi connectivity index (χ4n) is 6.69. The molecule has 1 aliphatic rings. The molecule has 28 heteroatoms. The Hall–Kier alpha value is -7.04. The van der Waals surface area contributed by atoms with Crippen molar-refractivity contribution in [2.24, 2.45) is 16.5 Å². The number of aromatic nitrogens is 3. The monoisotopic (exact) mass is 1020 g/mol. The Morgan fingerprint density at radius 2 is 1.50 bits per heavy atom. The quantitative estimate of drug-likeness (QED) is 0.0202. The molecule has 0 saturated carbocycles. The zero-order chi connectivity index (χ0) is 52.5. The van der Waals surface area contributed by atoms with Crippen molar-refractivity contribution in [3.8, 4) is 0 Å². The molecule has 1 fully saturated rings. The van der Waals surface area contributed by atoms with E-state index in [-0.39, 0.29) is 82.9 Å². The fourth-order valence-corrected chi connectivity index (χ4v) is 6.69. The van der Waals surface area contributed by atoms with E-state index >= 15 is 0 Å². The van der Waals surface area contributed by atoms with Crippen molar-refractivity contribution in [1.29, 1.82) is 0 Å². The molecule has 2 heterocycles. The molecule has 2 aromatic rings. The summed E-state index contributed by atoms with van der Waals surface area (Å²) < 4.78 is 35.6. The minimum Gasteiger partial charge on any atom is -0.481 e. The Labute approximate surface area is 415 Å². The average molecular weight is 1020 g/mol. The molecular formula is C44H69FN14O13. The van der Waals surface area contributed by atoms with Crippen molar-refractivity contribution in [3.05, 3.63) is 47.8 Å². The lowest BCUT2D eigenvalue weighted by Crippen LogP contribution is -2.60. The molecule has 1 aromatic heterocycles. The second-order valence-electron chi connectivity index (χ2n) is 16.1. The molecule has 1 aromatic carbocycles. The molecule has 0 bridgehead atoms. The largest absolute Gasteiger partial charge is 0.481 e. The van der Waals surface area contributed by atoms with Crippen LogP contribution in [0.25, 0.3) is 0 Å². The molecule has 1 unspecified atom stereocenters. The summed E-state index contributed by atoms with van der Waals surface area (Å²) in [5, 5.41) is 33.4. The lowest BCUT2D eigenvalue weighted by atomic mass is 10.0. The molecule has 72 heavy (non-hydrogen) atoms. The normalized spacial score (nSPS) is 17.2. The minimum absolute atomic E-state index is 0.000550. The van der Waals surface area contributed by atoms with Crippen LogP contribution in [0.15, 0.2) is 41.5 Å². The van der Waals surface area contributed by atoms with Crippen LogP contribution < -0.4 is 48.8 Å². The van der Waals surface area contributed by atoms with Gasteiger partial charge in [0.25, 0.3) is 5.91 Å². The van der Waals surface area contributed by atoms with E-state index in [1.807, 2.05) is 0 Å². The molecule has 3 rings (SSSR count). The number of nitrogens with zero attached hydrogens (tertiary/aromatic N) is 5. The van der Waals surface area contributed by atoms with Crippen molar-refractivity contribution < 1.29 is 66.8 Å². The summed E-state index contributed by atoms with van der Waals surface area (Å²) in [7, 11) is 0. The van der Waals surface area contributed by atoms with E-state index in [0.717, 1.165) is 5.01 Å². The number of aliphatic imine (C=N–C) groups is 1. The Bertz CT molecular complexity index is 2050. The van der Waals surface area contributed by atoms with E-state index in [1.54, 1.807) is 43.5 Å². The molecule has 0 spiro atoms. The third-order valence-corrected chi connectivity index (χ3v) is 10.3. The highest BCUT2D eigenvalue weighted by Crippen LogP contribution is 2.11. The van der Waals surface area contributed by atoms with Crippen molar-refractivity contribution in [1.82, 2.24) is 57.3 Å². The molecule has 1 saturated heterocycles. The summed E-state index contributed by atoms with van der Waals surface area (Å²) in [6.45, 7) is 2.99. The highest BCUT2D eigenvalue weighted by atomic mass is 19.1. The number of unbranched alkanes of at least 4 members (excludes halogenated alkanes) is 1. The van der Waals surface area contributed by atoms with Gasteiger partial charge in [-0.3, -0.25) is 43.4 Å². The number of benzene rings is 1. The van der Waals surface area contributed by atoms with Crippen molar-refractivity contribution in [2.75, 3.05) is 79.2 Å². The maximum Gasteiger partial charge on any atom is 0.337 e. The van der Waals surface area contributed by atoms with Crippen LogP contribution >= 0.6 is 0 Å². The molecule has 0 radical (unpaired) electrons. The molecule has 1 aliphatic heterocycles. The first kappa shape index (κ1) is 59.3. The van der Waals surface area contributed by atoms with Gasteiger partial charge in [0.15, 0.2) is 5.96 Å². The predicted octanol–water partition coefficient (Wildman–Crippen LogP) is -2.72. The Morgan fingerprint density at radius 1 is 0.833 bits per heavy atom. The number of carboxylic acid groups (broad SMARTS) is 1. The Morgan fingerprint density at radius 3 is 2.15 bits per heavy atom. The second kappa shape index (κ2) is 34.3. The third-order valence-electron chi connectivity index (χ3n) is 10.3. The van der Waals surface area contributed by atoms with E-state index in [4.69, 9.17) is 30.4 Å². The molecular weight excluding hydrogens is 952 g/mol. The number of carboxylic acids is 1. The van der Waals surface area contributed by atoms with Gasteiger partial charge in [-0.15, -0.1) is 5.10 Å². The van der Waals surface area contributed by atoms with Gasteiger partial charge in [-0.25, -0.2) is 19.5 Å². The van der Waals surface area contributed by atoms with E-state index in [0.29, 0.717) is 70.1 Å². The zero-order valence-electron chi connectivity index (χ0n) is 40.4. The van der Waals surface area contributed by atoms with Gasteiger partial charge in [0.1, 0.15) is 24.7 Å². The van der Waals surface area contributed by atoms with Crippen molar-refractivity contribution >= 4 is 53.4 Å². The summed E-state index contributed by atoms with van der Waals surface area (Å²) in [6.07, 6.45) is 2.38. The summed E-state index contributed by atoms with van der Waals surface area (Å²) >= 11 is 0. The van der Waals surface area contributed by atoms with Crippen molar-refractivity contribution in [2.45, 2.75) is 95.5 Å². The number of aliphatic carboxylic acids is 1. The maximum absolute atomic E-state index is 14.0. The number of guanidine groups is 1. The highest BCUT2D eigenvalue weighted by Gasteiger charge is 2.35. The summed E-state index contributed by atoms with van der Waals surface area (Å²) in [5.74, 6) is -6.08. The van der Waals surface area contributed by atoms with Crippen LogP contribution in [0, 0.1) is 0 Å². The number of rotatable bonds is 32. The van der Waals surface area contributed by atoms with Gasteiger partial charge in [-0.05, 0) is 44.1 Å². The first-order valence-electron chi connectivity index (χ1n) is 23.6. The van der Waals surface area contributed by atoms with Gasteiger partial charge in [-0.1, -0.05) is 42.5 Å². The summed E-state index contributed by atoms with van der Waals surface area (Å²) in [4.78, 5) is 108. The maximum atomic E-state index is 14.0. The Balaban J connectivity index is 1.42. The standard InChI is InChI=1S/C44H69FN14O13/c1-2-32(52-43(46)47)39-42(67)50-26-36(61)51-34(25-38(63)64)41(66)56-59(27-30-9-4-3-5-10-30)44(68)53-33(40(65)54-39)12-6-7-15-48-35(60)13-17-69-19-21-71-23-24-72-22-20-70-18-16-49-37(62)29-58-28-31(55-57-58)11-8-14-45/h3-5,9-10,28,32-34,39H,2,6-8,11-27,29H2,1H3,(H,48,60)(H,49,62)(H,50,67)(H,51,61)(H,53,68)(H,54,65)(H,56,66)(H,63,64)(H4,46,47,52)/t32?,33-,34-,39-/m0/s1. The molecule has 27 nitrogen and oxygen atoms in total. The number of hydrogen-bond acceptors (Lipinski definition) is 15. The summed E-state index contributed by atoms with van der Waals surface area (Å²) in [6, 6.07) is 1.97. The van der Waals surface area contributed by atoms with Gasteiger partial charge in [0.2, 0.25) is 29.5 Å².